The minimum absolute atomic E-state index is 0.196. The summed E-state index contributed by atoms with van der Waals surface area (Å²) in [5, 5.41) is 20.9. The van der Waals surface area contributed by atoms with Crippen molar-refractivity contribution in [3.8, 4) is 0 Å². The molecule has 9 heteroatoms. The SMILES string of the molecule is C=P(C)(C)CC[C@H]1O[C@@H](n2c(C)nc3c(=O)[nH]c(C)nc32)[C@H](O)[C@@H]1O. The van der Waals surface area contributed by atoms with Crippen molar-refractivity contribution in [1.82, 2.24) is 19.5 Å². The van der Waals surface area contributed by atoms with E-state index in [0.29, 0.717) is 23.7 Å². The Balaban J connectivity index is 1.97. The summed E-state index contributed by atoms with van der Waals surface area (Å²) in [4.78, 5) is 23.3. The van der Waals surface area contributed by atoms with E-state index in [9.17, 15) is 15.0 Å². The number of ether oxygens (including phenoxy) is 1. The molecule has 138 valence electrons. The predicted octanol–water partition coefficient (Wildman–Crippen LogP) is 0.455. The molecule has 25 heavy (non-hydrogen) atoms. The van der Waals surface area contributed by atoms with Gasteiger partial charge in [0.05, 0.1) is 6.10 Å². The lowest BCUT2D eigenvalue weighted by atomic mass is 10.1. The van der Waals surface area contributed by atoms with E-state index in [2.05, 4.69) is 34.6 Å². The van der Waals surface area contributed by atoms with E-state index in [1.807, 2.05) is 0 Å². The van der Waals surface area contributed by atoms with Gasteiger partial charge in [-0.2, -0.15) is 0 Å². The second kappa shape index (κ2) is 6.36. The summed E-state index contributed by atoms with van der Waals surface area (Å²) in [6.45, 7) is 6.38. The van der Waals surface area contributed by atoms with Gasteiger partial charge in [0.1, 0.15) is 23.9 Å². The van der Waals surface area contributed by atoms with Gasteiger partial charge in [-0.1, -0.05) is 0 Å². The number of aromatic nitrogens is 4. The minimum Gasteiger partial charge on any atom is -0.388 e. The number of hydrogen-bond acceptors (Lipinski definition) is 6. The molecule has 0 aromatic carbocycles. The summed E-state index contributed by atoms with van der Waals surface area (Å²) in [5.74, 6) is 0.951. The van der Waals surface area contributed by atoms with E-state index in [-0.39, 0.29) is 11.1 Å². The van der Waals surface area contributed by atoms with Crippen LogP contribution in [0.1, 0.15) is 24.3 Å². The Morgan fingerprint density at radius 2 is 1.96 bits per heavy atom. The van der Waals surface area contributed by atoms with Crippen LogP contribution in [0.4, 0.5) is 0 Å². The van der Waals surface area contributed by atoms with Crippen LogP contribution in [0.15, 0.2) is 4.79 Å². The summed E-state index contributed by atoms with van der Waals surface area (Å²) >= 11 is 0. The zero-order valence-electron chi connectivity index (χ0n) is 14.9. The van der Waals surface area contributed by atoms with Crippen molar-refractivity contribution in [2.45, 2.75) is 44.8 Å². The van der Waals surface area contributed by atoms with Gasteiger partial charge in [-0.3, -0.25) is 9.36 Å². The zero-order valence-corrected chi connectivity index (χ0v) is 15.8. The molecule has 0 saturated carbocycles. The Morgan fingerprint density at radius 3 is 2.60 bits per heavy atom. The van der Waals surface area contributed by atoms with Gasteiger partial charge < -0.3 is 19.9 Å². The second-order valence-electron chi connectivity index (χ2n) is 7.35. The highest BCUT2D eigenvalue weighted by atomic mass is 31.2. The molecule has 1 aliphatic rings. The Labute approximate surface area is 145 Å². The first kappa shape index (κ1) is 18.3. The zero-order chi connectivity index (χ0) is 18.5. The van der Waals surface area contributed by atoms with Crippen molar-refractivity contribution in [3.05, 3.63) is 22.0 Å². The lowest BCUT2D eigenvalue weighted by Crippen LogP contribution is -2.32. The van der Waals surface area contributed by atoms with E-state index >= 15 is 0 Å². The van der Waals surface area contributed by atoms with Crippen LogP contribution >= 0.6 is 6.89 Å². The molecule has 2 aromatic rings. The smallest absolute Gasteiger partial charge is 0.279 e. The summed E-state index contributed by atoms with van der Waals surface area (Å²) in [6, 6.07) is 0. The standard InChI is InChI=1S/C16H25N4O4P/c1-8-17-14-11(15(23)18-8)19-9(2)20(14)16-13(22)12(21)10(24-16)6-7-25(3,4)5/h10,12-13,16,21-22H,3,6-7H2,1-2,4-5H3,(H,17,18,23)/t10-,12-,13-,16-/m1/s1. The molecule has 4 atom stereocenters. The lowest BCUT2D eigenvalue weighted by Gasteiger charge is -2.19. The van der Waals surface area contributed by atoms with Crippen molar-refractivity contribution in [2.75, 3.05) is 19.5 Å². The van der Waals surface area contributed by atoms with Crippen molar-refractivity contribution >= 4 is 24.3 Å². The molecule has 1 fully saturated rings. The van der Waals surface area contributed by atoms with E-state index < -0.39 is 31.4 Å². The highest BCUT2D eigenvalue weighted by Crippen LogP contribution is 2.40. The number of imidazole rings is 1. The van der Waals surface area contributed by atoms with Crippen molar-refractivity contribution < 1.29 is 14.9 Å². The summed E-state index contributed by atoms with van der Waals surface area (Å²) in [7, 11) is 0. The number of nitrogens with zero attached hydrogens (tertiary/aromatic N) is 3. The fourth-order valence-corrected chi connectivity index (χ4v) is 4.12. The number of rotatable bonds is 4. The summed E-state index contributed by atoms with van der Waals surface area (Å²) in [6.07, 6.45) is 2.21. The molecule has 0 spiro atoms. The quantitative estimate of drug-likeness (QED) is 0.676. The van der Waals surface area contributed by atoms with Gasteiger partial charge in [0, 0.05) is 0 Å². The van der Waals surface area contributed by atoms with E-state index in [1.54, 1.807) is 18.4 Å². The van der Waals surface area contributed by atoms with Gasteiger partial charge in [0.15, 0.2) is 17.4 Å². The number of aryl methyl sites for hydroxylation is 2. The van der Waals surface area contributed by atoms with E-state index in [4.69, 9.17) is 4.74 Å². The van der Waals surface area contributed by atoms with Gasteiger partial charge in [-0.25, -0.2) is 9.97 Å². The molecule has 0 amide bonds. The van der Waals surface area contributed by atoms with Crippen LogP contribution < -0.4 is 5.56 Å². The van der Waals surface area contributed by atoms with Crippen LogP contribution in [0, 0.1) is 13.8 Å². The molecule has 2 aromatic heterocycles. The fourth-order valence-electron chi connectivity index (χ4n) is 3.16. The molecule has 3 rings (SSSR count). The molecule has 3 heterocycles. The molecule has 1 aliphatic heterocycles. The predicted molar refractivity (Wildman–Crippen MR) is 98.9 cm³/mol. The number of nitrogens with one attached hydrogen (secondary N) is 1. The highest BCUT2D eigenvalue weighted by Gasteiger charge is 2.44. The van der Waals surface area contributed by atoms with Crippen LogP contribution in [-0.4, -0.2) is 73.8 Å². The van der Waals surface area contributed by atoms with Crippen LogP contribution in [0.5, 0.6) is 0 Å². The number of aromatic amines is 1. The Morgan fingerprint density at radius 1 is 1.28 bits per heavy atom. The third-order valence-electron chi connectivity index (χ3n) is 4.46. The highest BCUT2D eigenvalue weighted by molar-refractivity contribution is 7.72. The van der Waals surface area contributed by atoms with Crippen LogP contribution in [-0.2, 0) is 4.74 Å². The first-order valence-electron chi connectivity index (χ1n) is 8.23. The van der Waals surface area contributed by atoms with Crippen LogP contribution in [0.3, 0.4) is 0 Å². The van der Waals surface area contributed by atoms with E-state index in [1.165, 1.54) is 0 Å². The third kappa shape index (κ3) is 3.44. The number of hydrogen-bond donors (Lipinski definition) is 3. The second-order valence-corrected chi connectivity index (χ2v) is 11.7. The normalized spacial score (nSPS) is 27.3. The Kier molecular flexibility index (Phi) is 4.66. The van der Waals surface area contributed by atoms with Gasteiger partial charge in [0.2, 0.25) is 0 Å². The third-order valence-corrected chi connectivity index (χ3v) is 5.92. The van der Waals surface area contributed by atoms with Gasteiger partial charge in [-0.05, 0) is 39.8 Å². The minimum atomic E-state index is -1.26. The molecule has 0 radical (unpaired) electrons. The van der Waals surface area contributed by atoms with Gasteiger partial charge >= 0.3 is 0 Å². The number of aliphatic hydroxyl groups excluding tert-OH is 2. The van der Waals surface area contributed by atoms with Crippen molar-refractivity contribution in [1.29, 1.82) is 0 Å². The van der Waals surface area contributed by atoms with Gasteiger partial charge in [-0.15, -0.1) is 13.2 Å². The first-order chi connectivity index (χ1) is 11.6. The van der Waals surface area contributed by atoms with Crippen molar-refractivity contribution in [3.63, 3.8) is 0 Å². The number of fused-ring (bicyclic) bond motifs is 1. The average Bonchev–Trinajstić information content (AvgIpc) is 2.95. The Bertz CT molecular complexity index is 899. The molecule has 0 bridgehead atoms. The largest absolute Gasteiger partial charge is 0.388 e. The Hall–Kier alpha value is -1.47. The molecular formula is C16H25N4O4P. The molecule has 3 N–H and O–H groups in total. The van der Waals surface area contributed by atoms with Gasteiger partial charge in [0.25, 0.3) is 5.56 Å². The maximum atomic E-state index is 12.1. The molecular weight excluding hydrogens is 343 g/mol. The monoisotopic (exact) mass is 368 g/mol. The van der Waals surface area contributed by atoms with E-state index in [0.717, 1.165) is 6.16 Å². The van der Waals surface area contributed by atoms with Crippen LogP contribution in [0.2, 0.25) is 0 Å². The molecule has 0 unspecified atom stereocenters. The number of aliphatic hydroxyl groups is 2. The summed E-state index contributed by atoms with van der Waals surface area (Å²) in [5.41, 5.74) is 0.208. The molecule has 1 saturated heterocycles. The molecule has 8 nitrogen and oxygen atoms in total. The van der Waals surface area contributed by atoms with Crippen LogP contribution in [0.25, 0.3) is 11.2 Å². The summed E-state index contributed by atoms with van der Waals surface area (Å²) < 4.78 is 7.55. The maximum Gasteiger partial charge on any atom is 0.279 e. The lowest BCUT2D eigenvalue weighted by molar-refractivity contribution is -0.0364. The maximum absolute atomic E-state index is 12.1. The number of H-pyrrole nitrogens is 1. The first-order valence-corrected chi connectivity index (χ1v) is 11.3. The fraction of sp³-hybridized carbons (Fsp3) is 0.625. The molecule has 0 aliphatic carbocycles. The van der Waals surface area contributed by atoms with Crippen molar-refractivity contribution in [2.24, 2.45) is 0 Å². The topological polar surface area (TPSA) is 113 Å². The average molecular weight is 368 g/mol.